The van der Waals surface area contributed by atoms with Crippen LogP contribution in [0.5, 0.6) is 5.75 Å². The Balaban J connectivity index is 1.84. The maximum Gasteiger partial charge on any atom is 0.573 e. The largest absolute Gasteiger partial charge is 0.573 e. The summed E-state index contributed by atoms with van der Waals surface area (Å²) in [6, 6.07) is 7.06. The predicted octanol–water partition coefficient (Wildman–Crippen LogP) is 4.19. The lowest BCUT2D eigenvalue weighted by Gasteiger charge is -2.14. The van der Waals surface area contributed by atoms with E-state index in [0.717, 1.165) is 35.0 Å². The SMILES string of the molecule is CCc1nc2cc(C(F)(F)F)ccc2c(=O)n1NC(=O)Cc1ccc(OC(F)(F)F)cc1. The van der Waals surface area contributed by atoms with E-state index < -0.39 is 35.3 Å². The van der Waals surface area contributed by atoms with Crippen LogP contribution in [0, 0.1) is 0 Å². The molecule has 0 bridgehead atoms. The average Bonchev–Trinajstić information content (AvgIpc) is 2.69. The quantitative estimate of drug-likeness (QED) is 0.581. The number of carbonyl (C=O) groups is 1. The Morgan fingerprint density at radius 1 is 1.06 bits per heavy atom. The molecular weight excluding hydrogens is 444 g/mol. The molecule has 0 radical (unpaired) electrons. The van der Waals surface area contributed by atoms with Crippen LogP contribution in [0.25, 0.3) is 10.9 Å². The summed E-state index contributed by atoms with van der Waals surface area (Å²) in [6.07, 6.45) is -9.61. The Kier molecular flexibility index (Phi) is 6.15. The summed E-state index contributed by atoms with van der Waals surface area (Å²) in [5, 5.41) is -0.121. The third kappa shape index (κ3) is 5.37. The van der Waals surface area contributed by atoms with E-state index in [0.29, 0.717) is 5.56 Å². The summed E-state index contributed by atoms with van der Waals surface area (Å²) in [4.78, 5) is 29.2. The maximum absolute atomic E-state index is 12.9. The Bertz CT molecular complexity index is 1200. The van der Waals surface area contributed by atoms with Gasteiger partial charge < -0.3 is 4.74 Å². The highest BCUT2D eigenvalue weighted by molar-refractivity contribution is 5.86. The monoisotopic (exact) mass is 459 g/mol. The average molecular weight is 459 g/mol. The summed E-state index contributed by atoms with van der Waals surface area (Å²) < 4.78 is 80.0. The zero-order chi connectivity index (χ0) is 23.7. The normalized spacial score (nSPS) is 12.1. The van der Waals surface area contributed by atoms with Gasteiger partial charge in [0.05, 0.1) is 22.9 Å². The van der Waals surface area contributed by atoms with Gasteiger partial charge in [-0.3, -0.25) is 15.0 Å². The van der Waals surface area contributed by atoms with Crippen molar-refractivity contribution in [1.29, 1.82) is 0 Å². The van der Waals surface area contributed by atoms with Gasteiger partial charge in [0.15, 0.2) is 0 Å². The summed E-state index contributed by atoms with van der Waals surface area (Å²) >= 11 is 0. The molecule has 32 heavy (non-hydrogen) atoms. The first-order chi connectivity index (χ1) is 14.9. The van der Waals surface area contributed by atoms with Crippen molar-refractivity contribution < 1.29 is 35.9 Å². The Labute approximate surface area is 176 Å². The van der Waals surface area contributed by atoms with Crippen LogP contribution < -0.4 is 15.7 Å². The van der Waals surface area contributed by atoms with Crippen LogP contribution in [0.4, 0.5) is 26.3 Å². The third-order valence-corrected chi connectivity index (χ3v) is 4.34. The van der Waals surface area contributed by atoms with Gasteiger partial charge in [0, 0.05) is 6.42 Å². The minimum absolute atomic E-state index is 0.0316. The first-order valence-electron chi connectivity index (χ1n) is 9.15. The number of carbonyl (C=O) groups excluding carboxylic acids is 1. The van der Waals surface area contributed by atoms with E-state index in [1.165, 1.54) is 12.1 Å². The lowest BCUT2D eigenvalue weighted by molar-refractivity contribution is -0.274. The van der Waals surface area contributed by atoms with E-state index in [-0.39, 0.29) is 29.6 Å². The number of fused-ring (bicyclic) bond motifs is 1. The highest BCUT2D eigenvalue weighted by atomic mass is 19.4. The first-order valence-corrected chi connectivity index (χ1v) is 9.15. The van der Waals surface area contributed by atoms with Crippen LogP contribution in [0.3, 0.4) is 0 Å². The highest BCUT2D eigenvalue weighted by Crippen LogP contribution is 2.30. The molecule has 0 aliphatic heterocycles. The molecule has 0 saturated heterocycles. The zero-order valence-corrected chi connectivity index (χ0v) is 16.3. The molecule has 0 atom stereocenters. The van der Waals surface area contributed by atoms with Gasteiger partial charge in [-0.15, -0.1) is 13.2 Å². The smallest absolute Gasteiger partial charge is 0.406 e. The number of amides is 1. The summed E-state index contributed by atoms with van der Waals surface area (Å²) in [5.41, 5.74) is 0.796. The van der Waals surface area contributed by atoms with Crippen molar-refractivity contribution in [2.45, 2.75) is 32.3 Å². The van der Waals surface area contributed by atoms with E-state index in [2.05, 4.69) is 15.1 Å². The van der Waals surface area contributed by atoms with Crippen LogP contribution in [0.1, 0.15) is 23.9 Å². The summed E-state index contributed by atoms with van der Waals surface area (Å²) in [5.74, 6) is -1.11. The van der Waals surface area contributed by atoms with Crippen LogP contribution in [0.2, 0.25) is 0 Å². The second kappa shape index (κ2) is 8.52. The van der Waals surface area contributed by atoms with E-state index in [1.807, 2.05) is 0 Å². The molecule has 12 heteroatoms. The number of hydrogen-bond donors (Lipinski definition) is 1. The second-order valence-corrected chi connectivity index (χ2v) is 6.66. The van der Waals surface area contributed by atoms with Gasteiger partial charge in [0.2, 0.25) is 5.91 Å². The standard InChI is InChI=1S/C20H15F6N3O3/c1-2-16-27-15-10-12(19(21,22)23)5-8-14(15)18(31)29(16)28-17(30)9-11-3-6-13(7-4-11)32-20(24,25)26/h3-8,10H,2,9H2,1H3,(H,28,30). The van der Waals surface area contributed by atoms with E-state index in [1.54, 1.807) is 6.92 Å². The molecule has 0 fully saturated rings. The van der Waals surface area contributed by atoms with Crippen molar-refractivity contribution in [3.63, 3.8) is 0 Å². The number of nitrogens with zero attached hydrogens (tertiary/aromatic N) is 2. The molecule has 170 valence electrons. The molecule has 3 rings (SSSR count). The molecule has 0 saturated carbocycles. The van der Waals surface area contributed by atoms with E-state index in [4.69, 9.17) is 0 Å². The van der Waals surface area contributed by atoms with Gasteiger partial charge in [-0.25, -0.2) is 9.66 Å². The predicted molar refractivity (Wildman–Crippen MR) is 102 cm³/mol. The summed E-state index contributed by atoms with van der Waals surface area (Å²) in [6.45, 7) is 1.60. The lowest BCUT2D eigenvalue weighted by atomic mass is 10.1. The molecule has 1 aromatic heterocycles. The van der Waals surface area contributed by atoms with Crippen LogP contribution in [-0.4, -0.2) is 21.9 Å². The number of halogens is 6. The second-order valence-electron chi connectivity index (χ2n) is 6.66. The molecule has 1 heterocycles. The van der Waals surface area contributed by atoms with Crippen LogP contribution in [-0.2, 0) is 23.8 Å². The van der Waals surface area contributed by atoms with Crippen molar-refractivity contribution >= 4 is 16.8 Å². The third-order valence-electron chi connectivity index (χ3n) is 4.34. The number of benzene rings is 2. The Hall–Kier alpha value is -3.57. The number of alkyl halides is 6. The zero-order valence-electron chi connectivity index (χ0n) is 16.3. The van der Waals surface area contributed by atoms with E-state index in [9.17, 15) is 35.9 Å². The fourth-order valence-electron chi connectivity index (χ4n) is 2.92. The Morgan fingerprint density at radius 2 is 1.72 bits per heavy atom. The molecule has 0 aliphatic rings. The molecule has 2 aromatic carbocycles. The molecule has 0 unspecified atom stereocenters. The minimum atomic E-state index is -4.85. The molecule has 1 N–H and O–H groups in total. The number of ether oxygens (including phenoxy) is 1. The first kappa shape index (κ1) is 23.1. The number of nitrogens with one attached hydrogen (secondary N) is 1. The highest BCUT2D eigenvalue weighted by Gasteiger charge is 2.31. The molecular formula is C20H15F6N3O3. The van der Waals surface area contributed by atoms with Crippen molar-refractivity contribution in [2.75, 3.05) is 5.43 Å². The molecule has 0 aliphatic carbocycles. The Morgan fingerprint density at radius 3 is 2.28 bits per heavy atom. The van der Waals surface area contributed by atoms with Gasteiger partial charge in [-0.2, -0.15) is 13.2 Å². The summed E-state index contributed by atoms with van der Waals surface area (Å²) in [7, 11) is 0. The number of aryl methyl sites for hydroxylation is 1. The fraction of sp³-hybridized carbons (Fsp3) is 0.250. The maximum atomic E-state index is 12.9. The molecule has 3 aromatic rings. The van der Waals surface area contributed by atoms with Crippen molar-refractivity contribution in [2.24, 2.45) is 0 Å². The van der Waals surface area contributed by atoms with Crippen molar-refractivity contribution in [1.82, 2.24) is 9.66 Å². The number of aromatic nitrogens is 2. The van der Waals surface area contributed by atoms with Crippen LogP contribution in [0.15, 0.2) is 47.3 Å². The van der Waals surface area contributed by atoms with Crippen molar-refractivity contribution in [3.8, 4) is 5.75 Å². The molecule has 6 nitrogen and oxygen atoms in total. The van der Waals surface area contributed by atoms with Crippen molar-refractivity contribution in [3.05, 3.63) is 69.8 Å². The number of rotatable bonds is 5. The minimum Gasteiger partial charge on any atom is -0.406 e. The van der Waals surface area contributed by atoms with Gasteiger partial charge in [0.25, 0.3) is 5.56 Å². The van der Waals surface area contributed by atoms with Gasteiger partial charge >= 0.3 is 12.5 Å². The topological polar surface area (TPSA) is 73.2 Å². The van der Waals surface area contributed by atoms with Gasteiger partial charge in [-0.05, 0) is 35.9 Å². The number of hydrogen-bond acceptors (Lipinski definition) is 4. The van der Waals surface area contributed by atoms with Gasteiger partial charge in [0.1, 0.15) is 11.6 Å². The van der Waals surface area contributed by atoms with Gasteiger partial charge in [-0.1, -0.05) is 19.1 Å². The molecule has 0 spiro atoms. The molecule has 1 amide bonds. The lowest BCUT2D eigenvalue weighted by Crippen LogP contribution is -2.37. The fourth-order valence-corrected chi connectivity index (χ4v) is 2.92. The van der Waals surface area contributed by atoms with Crippen LogP contribution >= 0.6 is 0 Å². The van der Waals surface area contributed by atoms with E-state index >= 15 is 0 Å².